The lowest BCUT2D eigenvalue weighted by Crippen LogP contribution is -2.51. The van der Waals surface area contributed by atoms with E-state index in [9.17, 15) is 18.0 Å². The number of carboxylic acids is 1. The Morgan fingerprint density at radius 3 is 2.36 bits per heavy atom. The minimum Gasteiger partial charge on any atom is -0.480 e. The molecule has 0 spiro atoms. The van der Waals surface area contributed by atoms with Gasteiger partial charge in [-0.15, -0.1) is 0 Å². The molecule has 0 radical (unpaired) electrons. The molecule has 1 N–H and O–H groups in total. The third kappa shape index (κ3) is 5.02. The van der Waals surface area contributed by atoms with Gasteiger partial charge in [-0.3, -0.25) is 14.3 Å². The number of carboxylic acid groups (broad SMARTS) is 1. The first-order chi connectivity index (χ1) is 11.6. The van der Waals surface area contributed by atoms with Gasteiger partial charge < -0.3 is 10.0 Å². The Bertz CT molecular complexity index is 750. The van der Waals surface area contributed by atoms with Crippen molar-refractivity contribution in [1.29, 1.82) is 0 Å². The normalized spacial score (nSPS) is 16.8. The van der Waals surface area contributed by atoms with Gasteiger partial charge in [0.25, 0.3) is 0 Å². The summed E-state index contributed by atoms with van der Waals surface area (Å²) in [5, 5.41) is 13.4. The maximum Gasteiger partial charge on any atom is 0.323 e. The van der Waals surface area contributed by atoms with Gasteiger partial charge in [0.05, 0.1) is 11.9 Å². The third-order valence-electron chi connectivity index (χ3n) is 4.35. The fourth-order valence-electron chi connectivity index (χ4n) is 3.11. The van der Waals surface area contributed by atoms with Crippen LogP contribution in [0, 0.1) is 13.8 Å². The molecule has 1 aliphatic rings. The second kappa shape index (κ2) is 7.52. The Morgan fingerprint density at radius 1 is 1.32 bits per heavy atom. The van der Waals surface area contributed by atoms with Crippen LogP contribution in [0.25, 0.3) is 0 Å². The van der Waals surface area contributed by atoms with Crippen LogP contribution in [-0.2, 0) is 26.2 Å². The molecule has 1 amide bonds. The van der Waals surface area contributed by atoms with Gasteiger partial charge in [0.15, 0.2) is 0 Å². The number of nitrogens with zero attached hydrogens (tertiary/aromatic N) is 4. The second-order valence-electron chi connectivity index (χ2n) is 6.39. The number of aryl methyl sites for hydroxylation is 2. The van der Waals surface area contributed by atoms with Gasteiger partial charge in [0.2, 0.25) is 15.9 Å². The van der Waals surface area contributed by atoms with Crippen LogP contribution < -0.4 is 0 Å². The number of amides is 1. The zero-order chi connectivity index (χ0) is 18.8. The van der Waals surface area contributed by atoms with E-state index in [0.29, 0.717) is 12.8 Å². The first-order valence-electron chi connectivity index (χ1n) is 8.05. The molecule has 2 heterocycles. The summed E-state index contributed by atoms with van der Waals surface area (Å²) >= 11 is 0. The van der Waals surface area contributed by atoms with Gasteiger partial charge in [-0.1, -0.05) is 0 Å². The van der Waals surface area contributed by atoms with Gasteiger partial charge in [-0.2, -0.15) is 5.10 Å². The average molecular weight is 372 g/mol. The van der Waals surface area contributed by atoms with Crippen LogP contribution in [-0.4, -0.2) is 76.3 Å². The SMILES string of the molecule is Cc1cc(C)n(CC(=O)N(CC(=O)O)C2CCN(S(C)(=O)=O)CC2)n1. The van der Waals surface area contributed by atoms with Crippen molar-refractivity contribution in [3.63, 3.8) is 0 Å². The molecule has 0 aromatic carbocycles. The molecule has 140 valence electrons. The maximum absolute atomic E-state index is 12.7. The van der Waals surface area contributed by atoms with Crippen molar-refractivity contribution in [2.24, 2.45) is 0 Å². The van der Waals surface area contributed by atoms with Crippen molar-refractivity contribution >= 4 is 21.9 Å². The highest BCUT2D eigenvalue weighted by Crippen LogP contribution is 2.19. The lowest BCUT2D eigenvalue weighted by Gasteiger charge is -2.37. The predicted molar refractivity (Wildman–Crippen MR) is 90.5 cm³/mol. The molecule has 0 bridgehead atoms. The highest BCUT2D eigenvalue weighted by molar-refractivity contribution is 7.88. The molecule has 2 rings (SSSR count). The molecule has 0 atom stereocenters. The van der Waals surface area contributed by atoms with E-state index in [1.807, 2.05) is 19.9 Å². The molecule has 0 aliphatic carbocycles. The lowest BCUT2D eigenvalue weighted by atomic mass is 10.0. The first kappa shape index (κ1) is 19.4. The Hall–Kier alpha value is -1.94. The van der Waals surface area contributed by atoms with Crippen molar-refractivity contribution in [1.82, 2.24) is 19.0 Å². The highest BCUT2D eigenvalue weighted by Gasteiger charge is 2.32. The fourth-order valence-corrected chi connectivity index (χ4v) is 3.98. The molecule has 1 saturated heterocycles. The van der Waals surface area contributed by atoms with Crippen molar-refractivity contribution < 1.29 is 23.1 Å². The Labute approximate surface area is 147 Å². The fraction of sp³-hybridized carbons (Fsp3) is 0.667. The Balaban J connectivity index is 2.09. The van der Waals surface area contributed by atoms with E-state index in [2.05, 4.69) is 5.10 Å². The van der Waals surface area contributed by atoms with Crippen LogP contribution in [0.5, 0.6) is 0 Å². The summed E-state index contributed by atoms with van der Waals surface area (Å²) in [5.74, 6) is -1.42. The van der Waals surface area contributed by atoms with Crippen LogP contribution in [0.1, 0.15) is 24.2 Å². The number of carbonyl (C=O) groups excluding carboxylic acids is 1. The molecule has 1 fully saturated rings. The highest BCUT2D eigenvalue weighted by atomic mass is 32.2. The first-order valence-corrected chi connectivity index (χ1v) is 9.90. The topological polar surface area (TPSA) is 113 Å². The minimum atomic E-state index is -3.27. The zero-order valence-electron chi connectivity index (χ0n) is 14.7. The predicted octanol–water partition coefficient (Wildman–Crippen LogP) is -0.163. The molecular formula is C15H24N4O5S. The summed E-state index contributed by atoms with van der Waals surface area (Å²) in [7, 11) is -3.27. The number of hydrogen-bond donors (Lipinski definition) is 1. The summed E-state index contributed by atoms with van der Waals surface area (Å²) in [6.45, 7) is 3.80. The van der Waals surface area contributed by atoms with Crippen molar-refractivity contribution in [2.75, 3.05) is 25.9 Å². The Kier molecular flexibility index (Phi) is 5.83. The van der Waals surface area contributed by atoms with Gasteiger partial charge in [0.1, 0.15) is 13.1 Å². The van der Waals surface area contributed by atoms with E-state index >= 15 is 0 Å². The van der Waals surface area contributed by atoms with E-state index < -0.39 is 22.5 Å². The molecule has 25 heavy (non-hydrogen) atoms. The molecular weight excluding hydrogens is 348 g/mol. The van der Waals surface area contributed by atoms with Crippen molar-refractivity contribution in [3.8, 4) is 0 Å². The summed E-state index contributed by atoms with van der Waals surface area (Å²) in [6.07, 6.45) is 1.99. The van der Waals surface area contributed by atoms with Crippen LogP contribution in [0.3, 0.4) is 0 Å². The smallest absolute Gasteiger partial charge is 0.323 e. The van der Waals surface area contributed by atoms with Gasteiger partial charge in [-0.05, 0) is 32.8 Å². The van der Waals surface area contributed by atoms with Gasteiger partial charge in [0, 0.05) is 24.8 Å². The summed E-state index contributed by atoms with van der Waals surface area (Å²) in [6, 6.07) is 1.55. The summed E-state index contributed by atoms with van der Waals surface area (Å²) in [4.78, 5) is 25.2. The molecule has 1 aromatic rings. The quantitative estimate of drug-likeness (QED) is 0.742. The number of hydrogen-bond acceptors (Lipinski definition) is 5. The van der Waals surface area contributed by atoms with Crippen molar-refractivity contribution in [3.05, 3.63) is 17.5 Å². The van der Waals surface area contributed by atoms with Crippen LogP contribution in [0.15, 0.2) is 6.07 Å². The minimum absolute atomic E-state index is 0.0285. The van der Waals surface area contributed by atoms with Gasteiger partial charge >= 0.3 is 5.97 Å². The average Bonchev–Trinajstić information content (AvgIpc) is 2.81. The molecule has 0 unspecified atom stereocenters. The molecule has 1 aromatic heterocycles. The number of sulfonamides is 1. The zero-order valence-corrected chi connectivity index (χ0v) is 15.5. The largest absolute Gasteiger partial charge is 0.480 e. The monoisotopic (exact) mass is 372 g/mol. The Morgan fingerprint density at radius 2 is 1.92 bits per heavy atom. The van der Waals surface area contributed by atoms with E-state index in [1.54, 1.807) is 4.68 Å². The standard InChI is InChI=1S/C15H24N4O5S/c1-11-8-12(2)19(16-11)9-14(20)18(10-15(21)22)13-4-6-17(7-5-13)25(3,23)24/h8,13H,4-7,9-10H2,1-3H3,(H,21,22). The summed E-state index contributed by atoms with van der Waals surface area (Å²) < 4.78 is 26.1. The number of aliphatic carboxylic acids is 1. The molecule has 9 nitrogen and oxygen atoms in total. The number of aromatic nitrogens is 2. The molecule has 10 heteroatoms. The maximum atomic E-state index is 12.7. The van der Waals surface area contributed by atoms with E-state index in [4.69, 9.17) is 5.11 Å². The molecule has 0 saturated carbocycles. The van der Waals surface area contributed by atoms with Crippen LogP contribution in [0.2, 0.25) is 0 Å². The summed E-state index contributed by atoms with van der Waals surface area (Å²) in [5.41, 5.74) is 1.62. The van der Waals surface area contributed by atoms with Crippen LogP contribution in [0.4, 0.5) is 0 Å². The third-order valence-corrected chi connectivity index (χ3v) is 5.65. The van der Waals surface area contributed by atoms with Gasteiger partial charge in [-0.25, -0.2) is 12.7 Å². The number of piperidine rings is 1. The van der Waals surface area contributed by atoms with E-state index in [1.165, 1.54) is 9.21 Å². The van der Waals surface area contributed by atoms with E-state index in [-0.39, 0.29) is 31.6 Å². The number of carbonyl (C=O) groups is 2. The molecule has 1 aliphatic heterocycles. The number of rotatable bonds is 6. The van der Waals surface area contributed by atoms with Crippen molar-refractivity contribution in [2.45, 2.75) is 39.3 Å². The second-order valence-corrected chi connectivity index (χ2v) is 8.38. The van der Waals surface area contributed by atoms with Crippen LogP contribution >= 0.6 is 0 Å². The lowest BCUT2D eigenvalue weighted by molar-refractivity contribution is -0.147. The van der Waals surface area contributed by atoms with E-state index in [0.717, 1.165) is 17.6 Å².